The van der Waals surface area contributed by atoms with Crippen molar-refractivity contribution in [1.82, 2.24) is 5.32 Å². The van der Waals surface area contributed by atoms with Crippen LogP contribution in [-0.4, -0.2) is 19.1 Å². The second-order valence-corrected chi connectivity index (χ2v) is 5.14. The van der Waals surface area contributed by atoms with E-state index in [1.807, 2.05) is 26.8 Å². The summed E-state index contributed by atoms with van der Waals surface area (Å²) in [6, 6.07) is 1.77. The van der Waals surface area contributed by atoms with Crippen molar-refractivity contribution in [3.05, 3.63) is 23.2 Å². The molecule has 0 saturated carbocycles. The van der Waals surface area contributed by atoms with Gasteiger partial charge in [-0.2, -0.15) is 0 Å². The van der Waals surface area contributed by atoms with Gasteiger partial charge < -0.3 is 9.15 Å². The maximum absolute atomic E-state index is 11.9. The van der Waals surface area contributed by atoms with Crippen LogP contribution in [0.2, 0.25) is 0 Å². The largest absolute Gasteiger partial charge is 0.468 e. The van der Waals surface area contributed by atoms with Gasteiger partial charge in [-0.25, -0.2) is 0 Å². The zero-order chi connectivity index (χ0) is 14.6. The number of hydrogen-bond donors (Lipinski definition) is 1. The van der Waals surface area contributed by atoms with Crippen molar-refractivity contribution in [1.29, 1.82) is 0 Å². The van der Waals surface area contributed by atoms with Gasteiger partial charge in [0.15, 0.2) is 0 Å². The second kappa shape index (κ2) is 6.75. The lowest BCUT2D eigenvalue weighted by Crippen LogP contribution is -2.43. The van der Waals surface area contributed by atoms with Crippen LogP contribution in [0.25, 0.3) is 0 Å². The number of rotatable bonds is 6. The highest BCUT2D eigenvalue weighted by atomic mass is 16.5. The predicted molar refractivity (Wildman–Crippen MR) is 75.0 cm³/mol. The van der Waals surface area contributed by atoms with E-state index in [4.69, 9.17) is 9.15 Å². The Morgan fingerprint density at radius 3 is 2.47 bits per heavy atom. The summed E-state index contributed by atoms with van der Waals surface area (Å²) in [5, 5.41) is 3.35. The van der Waals surface area contributed by atoms with Gasteiger partial charge in [-0.05, 0) is 32.8 Å². The number of furan rings is 1. The van der Waals surface area contributed by atoms with Gasteiger partial charge >= 0.3 is 5.97 Å². The molecular formula is C15H25NO3. The highest BCUT2D eigenvalue weighted by Crippen LogP contribution is 2.23. The molecule has 3 atom stereocenters. The molecule has 1 aromatic heterocycles. The zero-order valence-electron chi connectivity index (χ0n) is 12.7. The molecule has 0 saturated heterocycles. The fourth-order valence-electron chi connectivity index (χ4n) is 2.27. The van der Waals surface area contributed by atoms with E-state index >= 15 is 0 Å². The number of methoxy groups -OCH3 is 1. The predicted octanol–water partition coefficient (Wildman–Crippen LogP) is 3.13. The Morgan fingerprint density at radius 2 is 2.05 bits per heavy atom. The lowest BCUT2D eigenvalue weighted by Gasteiger charge is -2.25. The summed E-state index contributed by atoms with van der Waals surface area (Å²) in [5.41, 5.74) is 1.09. The SMILES string of the molecule is CCC(C)C(NC(C)c1cc(C)oc1C)C(=O)OC. The van der Waals surface area contributed by atoms with Crippen LogP contribution in [0.4, 0.5) is 0 Å². The van der Waals surface area contributed by atoms with Crippen molar-refractivity contribution < 1.29 is 13.9 Å². The number of ether oxygens (including phenoxy) is 1. The average Bonchev–Trinajstić information content (AvgIpc) is 2.73. The maximum Gasteiger partial charge on any atom is 0.323 e. The Labute approximate surface area is 115 Å². The number of esters is 1. The fourth-order valence-corrected chi connectivity index (χ4v) is 2.27. The topological polar surface area (TPSA) is 51.5 Å². The molecule has 0 fully saturated rings. The van der Waals surface area contributed by atoms with Gasteiger partial charge in [0.05, 0.1) is 7.11 Å². The minimum atomic E-state index is -0.292. The molecule has 0 amide bonds. The monoisotopic (exact) mass is 267 g/mol. The van der Waals surface area contributed by atoms with Gasteiger partial charge in [0, 0.05) is 11.6 Å². The molecule has 3 unspecified atom stereocenters. The third-order valence-electron chi connectivity index (χ3n) is 3.64. The van der Waals surface area contributed by atoms with E-state index in [-0.39, 0.29) is 24.0 Å². The summed E-state index contributed by atoms with van der Waals surface area (Å²) in [6.45, 7) is 10.0. The second-order valence-electron chi connectivity index (χ2n) is 5.14. The Balaban J connectivity index is 2.84. The van der Waals surface area contributed by atoms with Crippen LogP contribution in [0.5, 0.6) is 0 Å². The molecule has 1 aromatic rings. The lowest BCUT2D eigenvalue weighted by molar-refractivity contribution is -0.144. The Kier molecular flexibility index (Phi) is 5.60. The smallest absolute Gasteiger partial charge is 0.323 e. The molecule has 19 heavy (non-hydrogen) atoms. The summed E-state index contributed by atoms with van der Waals surface area (Å²) >= 11 is 0. The molecule has 1 N–H and O–H groups in total. The molecule has 0 aromatic carbocycles. The fraction of sp³-hybridized carbons (Fsp3) is 0.667. The van der Waals surface area contributed by atoms with Crippen molar-refractivity contribution in [2.24, 2.45) is 5.92 Å². The van der Waals surface area contributed by atoms with Gasteiger partial charge in [-0.15, -0.1) is 0 Å². The molecule has 0 bridgehead atoms. The van der Waals surface area contributed by atoms with Crippen molar-refractivity contribution in [2.75, 3.05) is 7.11 Å². The number of carbonyl (C=O) groups is 1. The number of aryl methyl sites for hydroxylation is 2. The van der Waals surface area contributed by atoms with E-state index in [1.165, 1.54) is 7.11 Å². The first-order valence-electron chi connectivity index (χ1n) is 6.81. The van der Waals surface area contributed by atoms with E-state index in [2.05, 4.69) is 19.2 Å². The summed E-state index contributed by atoms with van der Waals surface area (Å²) < 4.78 is 10.4. The molecule has 1 heterocycles. The zero-order valence-corrected chi connectivity index (χ0v) is 12.7. The first-order chi connectivity index (χ1) is 8.90. The van der Waals surface area contributed by atoms with Crippen LogP contribution >= 0.6 is 0 Å². The Morgan fingerprint density at radius 1 is 1.42 bits per heavy atom. The minimum Gasteiger partial charge on any atom is -0.468 e. The van der Waals surface area contributed by atoms with Gasteiger partial charge in [-0.3, -0.25) is 10.1 Å². The van der Waals surface area contributed by atoms with Gasteiger partial charge in [-0.1, -0.05) is 20.3 Å². The standard InChI is InChI=1S/C15H25NO3/c1-7-9(2)14(15(17)18-6)16-11(4)13-8-10(3)19-12(13)5/h8-9,11,14,16H,7H2,1-6H3. The highest BCUT2D eigenvalue weighted by molar-refractivity contribution is 5.76. The van der Waals surface area contributed by atoms with Crippen LogP contribution in [-0.2, 0) is 9.53 Å². The minimum absolute atomic E-state index is 0.0514. The number of hydrogen-bond acceptors (Lipinski definition) is 4. The van der Waals surface area contributed by atoms with Crippen LogP contribution in [0.3, 0.4) is 0 Å². The molecule has 4 nitrogen and oxygen atoms in total. The van der Waals surface area contributed by atoms with E-state index < -0.39 is 0 Å². The van der Waals surface area contributed by atoms with Crippen molar-refractivity contribution in [3.63, 3.8) is 0 Å². The molecule has 0 aliphatic carbocycles. The third-order valence-corrected chi connectivity index (χ3v) is 3.64. The summed E-state index contributed by atoms with van der Waals surface area (Å²) in [7, 11) is 1.43. The van der Waals surface area contributed by atoms with Crippen molar-refractivity contribution in [3.8, 4) is 0 Å². The van der Waals surface area contributed by atoms with Gasteiger partial charge in [0.2, 0.25) is 0 Å². The van der Waals surface area contributed by atoms with Crippen LogP contribution in [0.1, 0.15) is 50.3 Å². The molecule has 0 radical (unpaired) electrons. The molecule has 1 rings (SSSR count). The van der Waals surface area contributed by atoms with E-state index in [0.717, 1.165) is 23.5 Å². The van der Waals surface area contributed by atoms with E-state index in [1.54, 1.807) is 0 Å². The quantitative estimate of drug-likeness (QED) is 0.804. The molecule has 0 aliphatic rings. The number of carbonyl (C=O) groups excluding carboxylic acids is 1. The lowest BCUT2D eigenvalue weighted by atomic mass is 9.97. The van der Waals surface area contributed by atoms with E-state index in [0.29, 0.717) is 0 Å². The first kappa shape index (κ1) is 15.8. The molecule has 4 heteroatoms. The van der Waals surface area contributed by atoms with Crippen molar-refractivity contribution in [2.45, 2.75) is 53.1 Å². The molecule has 0 spiro atoms. The third kappa shape index (κ3) is 3.83. The van der Waals surface area contributed by atoms with Gasteiger partial charge in [0.25, 0.3) is 0 Å². The Hall–Kier alpha value is -1.29. The molecule has 108 valence electrons. The first-order valence-corrected chi connectivity index (χ1v) is 6.81. The van der Waals surface area contributed by atoms with Crippen LogP contribution in [0.15, 0.2) is 10.5 Å². The van der Waals surface area contributed by atoms with Crippen LogP contribution < -0.4 is 5.32 Å². The van der Waals surface area contributed by atoms with Crippen LogP contribution in [0, 0.1) is 19.8 Å². The summed E-state index contributed by atoms with van der Waals surface area (Å²) in [5.74, 6) is 1.80. The Bertz CT molecular complexity index is 425. The molecular weight excluding hydrogens is 242 g/mol. The maximum atomic E-state index is 11.9. The van der Waals surface area contributed by atoms with Crippen molar-refractivity contribution >= 4 is 5.97 Å². The van der Waals surface area contributed by atoms with E-state index in [9.17, 15) is 4.79 Å². The summed E-state index contributed by atoms with van der Waals surface area (Å²) in [6.07, 6.45) is 0.920. The molecule has 0 aliphatic heterocycles. The van der Waals surface area contributed by atoms with Gasteiger partial charge in [0.1, 0.15) is 17.6 Å². The highest BCUT2D eigenvalue weighted by Gasteiger charge is 2.27. The average molecular weight is 267 g/mol. The number of nitrogens with one attached hydrogen (secondary N) is 1. The normalized spacial score (nSPS) is 15.9. The summed E-state index contributed by atoms with van der Waals surface area (Å²) in [4.78, 5) is 11.9.